The number of aromatic amines is 2. The van der Waals surface area contributed by atoms with Crippen LogP contribution in [0.4, 0.5) is 5.69 Å². The van der Waals surface area contributed by atoms with Crippen LogP contribution in [0.2, 0.25) is 0 Å². The molecule has 0 saturated heterocycles. The van der Waals surface area contributed by atoms with Crippen molar-refractivity contribution in [2.45, 2.75) is 39.5 Å². The van der Waals surface area contributed by atoms with Crippen molar-refractivity contribution in [1.29, 1.82) is 0 Å². The van der Waals surface area contributed by atoms with Gasteiger partial charge in [0.1, 0.15) is 0 Å². The fraction of sp³-hybridized carbons (Fsp3) is 0.500. The zero-order valence-corrected chi connectivity index (χ0v) is 12.5. The van der Waals surface area contributed by atoms with Crippen LogP contribution in [0.1, 0.15) is 47.2 Å². The molecule has 2 heterocycles. The van der Waals surface area contributed by atoms with Crippen molar-refractivity contribution in [3.05, 3.63) is 28.8 Å². The Morgan fingerprint density at radius 2 is 2.19 bits per heavy atom. The number of hydrogen-bond acceptors (Lipinski definition) is 4. The van der Waals surface area contributed by atoms with E-state index in [1.54, 1.807) is 0 Å². The number of anilines is 1. The zero-order chi connectivity index (χ0) is 15.2. The molecule has 7 nitrogen and oxygen atoms in total. The Hall–Kier alpha value is -2.31. The van der Waals surface area contributed by atoms with Gasteiger partial charge in [-0.15, -0.1) is 0 Å². The molecule has 5 N–H and O–H groups in total. The second kappa shape index (κ2) is 6.92. The van der Waals surface area contributed by atoms with E-state index in [9.17, 15) is 4.79 Å². The maximum atomic E-state index is 12.0. The molecule has 0 aliphatic heterocycles. The lowest BCUT2D eigenvalue weighted by molar-refractivity contribution is 0.0949. The van der Waals surface area contributed by atoms with Gasteiger partial charge in [-0.3, -0.25) is 15.0 Å². The smallest absolute Gasteiger partial charge is 0.273 e. The average molecular weight is 290 g/mol. The number of nitrogen functional groups attached to an aromatic ring is 1. The van der Waals surface area contributed by atoms with Crippen LogP contribution in [0.3, 0.4) is 0 Å². The second-order valence-corrected chi connectivity index (χ2v) is 5.09. The summed E-state index contributed by atoms with van der Waals surface area (Å²) in [5, 5.41) is 16.5. The molecule has 1 amide bonds. The predicted molar refractivity (Wildman–Crippen MR) is 81.0 cm³/mol. The number of aromatic nitrogens is 4. The third-order valence-corrected chi connectivity index (χ3v) is 3.44. The number of nitrogens with one attached hydrogen (secondary N) is 3. The molecule has 0 saturated carbocycles. The van der Waals surface area contributed by atoms with E-state index in [1.165, 1.54) is 5.56 Å². The molecule has 0 aromatic carbocycles. The van der Waals surface area contributed by atoms with E-state index in [2.05, 4.69) is 32.6 Å². The van der Waals surface area contributed by atoms with Gasteiger partial charge >= 0.3 is 0 Å². The van der Waals surface area contributed by atoms with Crippen molar-refractivity contribution in [3.63, 3.8) is 0 Å². The van der Waals surface area contributed by atoms with Gasteiger partial charge in [0.25, 0.3) is 5.91 Å². The normalized spacial score (nSPS) is 10.8. The summed E-state index contributed by atoms with van der Waals surface area (Å²) >= 11 is 0. The first-order valence-corrected chi connectivity index (χ1v) is 7.23. The van der Waals surface area contributed by atoms with Crippen LogP contribution in [-0.4, -0.2) is 32.8 Å². The van der Waals surface area contributed by atoms with Gasteiger partial charge < -0.3 is 11.1 Å². The highest BCUT2D eigenvalue weighted by atomic mass is 16.1. The lowest BCUT2D eigenvalue weighted by atomic mass is 10.1. The van der Waals surface area contributed by atoms with Crippen LogP contribution in [0, 0.1) is 6.92 Å². The number of aryl methyl sites for hydroxylation is 3. The van der Waals surface area contributed by atoms with Crippen molar-refractivity contribution in [3.8, 4) is 0 Å². The van der Waals surface area contributed by atoms with E-state index in [0.29, 0.717) is 12.2 Å². The quantitative estimate of drug-likeness (QED) is 0.576. The molecular weight excluding hydrogens is 268 g/mol. The summed E-state index contributed by atoms with van der Waals surface area (Å²) in [6, 6.07) is 0. The van der Waals surface area contributed by atoms with E-state index in [0.717, 1.165) is 37.1 Å². The number of amides is 1. The maximum absolute atomic E-state index is 12.0. The lowest BCUT2D eigenvalue weighted by Gasteiger charge is -2.04. The molecule has 0 fully saturated rings. The van der Waals surface area contributed by atoms with Gasteiger partial charge in [0, 0.05) is 12.2 Å². The Morgan fingerprint density at radius 3 is 2.86 bits per heavy atom. The third-order valence-electron chi connectivity index (χ3n) is 3.44. The molecule has 0 aliphatic carbocycles. The van der Waals surface area contributed by atoms with Crippen molar-refractivity contribution in [1.82, 2.24) is 25.7 Å². The highest BCUT2D eigenvalue weighted by Crippen LogP contribution is 2.15. The summed E-state index contributed by atoms with van der Waals surface area (Å²) in [7, 11) is 0. The number of H-pyrrole nitrogens is 2. The summed E-state index contributed by atoms with van der Waals surface area (Å²) in [5.74, 6) is -0.227. The predicted octanol–water partition coefficient (Wildman–Crippen LogP) is 1.34. The zero-order valence-electron chi connectivity index (χ0n) is 12.5. The fourth-order valence-corrected chi connectivity index (χ4v) is 2.19. The van der Waals surface area contributed by atoms with E-state index in [4.69, 9.17) is 5.73 Å². The number of carbonyl (C=O) groups is 1. The molecule has 0 atom stereocenters. The summed E-state index contributed by atoms with van der Waals surface area (Å²) in [6.07, 6.45) is 5.29. The first-order chi connectivity index (χ1) is 10.1. The SMILES string of the molecule is CCCc1[nH]nc(C(=O)NCCCc2cn[nH]c2C)c1N. The van der Waals surface area contributed by atoms with Crippen molar-refractivity contribution in [2.75, 3.05) is 12.3 Å². The molecule has 2 aromatic heterocycles. The number of carbonyl (C=O) groups excluding carboxylic acids is 1. The van der Waals surface area contributed by atoms with Crippen molar-refractivity contribution >= 4 is 11.6 Å². The van der Waals surface area contributed by atoms with Crippen LogP contribution < -0.4 is 11.1 Å². The maximum Gasteiger partial charge on any atom is 0.273 e. The standard InChI is InChI=1S/C14H22N6O/c1-3-5-11-12(15)13(20-19-11)14(21)16-7-4-6-10-8-17-18-9(10)2/h8H,3-7,15H2,1-2H3,(H,16,21)(H,17,18)(H,19,20). The minimum absolute atomic E-state index is 0.227. The minimum Gasteiger partial charge on any atom is -0.395 e. The molecule has 0 bridgehead atoms. The van der Waals surface area contributed by atoms with Crippen LogP contribution in [-0.2, 0) is 12.8 Å². The van der Waals surface area contributed by atoms with Gasteiger partial charge in [-0.05, 0) is 31.7 Å². The van der Waals surface area contributed by atoms with Crippen LogP contribution in [0.15, 0.2) is 6.20 Å². The van der Waals surface area contributed by atoms with Gasteiger partial charge in [-0.1, -0.05) is 13.3 Å². The topological polar surface area (TPSA) is 112 Å². The molecule has 0 unspecified atom stereocenters. The Bertz CT molecular complexity index is 600. The third kappa shape index (κ3) is 3.62. The number of nitrogens with zero attached hydrogens (tertiary/aromatic N) is 2. The Morgan fingerprint density at radius 1 is 1.38 bits per heavy atom. The Balaban J connectivity index is 1.81. The number of nitrogens with two attached hydrogens (primary N) is 1. The minimum atomic E-state index is -0.227. The highest BCUT2D eigenvalue weighted by molar-refractivity contribution is 5.97. The van der Waals surface area contributed by atoms with Gasteiger partial charge in [-0.2, -0.15) is 10.2 Å². The molecule has 0 spiro atoms. The largest absolute Gasteiger partial charge is 0.395 e. The van der Waals surface area contributed by atoms with Crippen LogP contribution in [0.25, 0.3) is 0 Å². The molecule has 114 valence electrons. The second-order valence-electron chi connectivity index (χ2n) is 5.09. The summed E-state index contributed by atoms with van der Waals surface area (Å²) < 4.78 is 0. The lowest BCUT2D eigenvalue weighted by Crippen LogP contribution is -2.26. The van der Waals surface area contributed by atoms with E-state index >= 15 is 0 Å². The van der Waals surface area contributed by atoms with Crippen LogP contribution in [0.5, 0.6) is 0 Å². The molecule has 2 rings (SSSR count). The molecule has 21 heavy (non-hydrogen) atoms. The summed E-state index contributed by atoms with van der Waals surface area (Å²) in [6.45, 7) is 4.62. The van der Waals surface area contributed by atoms with Crippen molar-refractivity contribution < 1.29 is 4.79 Å². The van der Waals surface area contributed by atoms with E-state index in [-0.39, 0.29) is 11.6 Å². The number of hydrogen-bond donors (Lipinski definition) is 4. The summed E-state index contributed by atoms with van der Waals surface area (Å²) in [5.41, 5.74) is 9.75. The van der Waals surface area contributed by atoms with Gasteiger partial charge in [0.15, 0.2) is 5.69 Å². The molecular formula is C14H22N6O. The van der Waals surface area contributed by atoms with Gasteiger partial charge in [0.2, 0.25) is 0 Å². The Labute approximate surface area is 123 Å². The summed E-state index contributed by atoms with van der Waals surface area (Å²) in [4.78, 5) is 12.0. The van der Waals surface area contributed by atoms with Crippen LogP contribution >= 0.6 is 0 Å². The molecule has 2 aromatic rings. The number of rotatable bonds is 7. The molecule has 0 radical (unpaired) electrons. The van der Waals surface area contributed by atoms with E-state index < -0.39 is 0 Å². The first kappa shape index (κ1) is 15.1. The van der Waals surface area contributed by atoms with Crippen molar-refractivity contribution in [2.24, 2.45) is 0 Å². The van der Waals surface area contributed by atoms with Gasteiger partial charge in [0.05, 0.1) is 17.6 Å². The first-order valence-electron chi connectivity index (χ1n) is 7.23. The fourth-order valence-electron chi connectivity index (χ4n) is 2.19. The molecule has 7 heteroatoms. The van der Waals surface area contributed by atoms with Gasteiger partial charge in [-0.25, -0.2) is 0 Å². The van der Waals surface area contributed by atoms with E-state index in [1.807, 2.05) is 13.1 Å². The average Bonchev–Trinajstić information content (AvgIpc) is 3.03. The highest BCUT2D eigenvalue weighted by Gasteiger charge is 2.16. The Kier molecular flexibility index (Phi) is 4.97. The molecule has 0 aliphatic rings. The monoisotopic (exact) mass is 290 g/mol.